The summed E-state index contributed by atoms with van der Waals surface area (Å²) in [5, 5.41) is 13.9. The Hall–Kier alpha value is -4.26. The molecule has 1 saturated carbocycles. The zero-order chi connectivity index (χ0) is 34.9. The van der Waals surface area contributed by atoms with Gasteiger partial charge in [-0.15, -0.1) is 0 Å². The Labute approximate surface area is 291 Å². The van der Waals surface area contributed by atoms with E-state index in [0.717, 1.165) is 51.4 Å². The Balaban J connectivity index is 1.04. The van der Waals surface area contributed by atoms with E-state index < -0.39 is 12.4 Å². The second kappa shape index (κ2) is 12.5. The molecule has 1 aromatic carbocycles. The SMILES string of the molecule is C[C@H]1CN(C2COC2)CCN1c1ccc(Nc2cc(-c3cc(F)cc(N4CCN5C(=CC6CC(C)(C)CC65)C4=O)c3CO)cn(C)c2=O)nc1. The lowest BCUT2D eigenvalue weighted by atomic mass is 9.90. The summed E-state index contributed by atoms with van der Waals surface area (Å²) in [6.45, 7) is 11.9. The van der Waals surface area contributed by atoms with Gasteiger partial charge in [-0.3, -0.25) is 14.5 Å². The topological polar surface area (TPSA) is 106 Å². The summed E-state index contributed by atoms with van der Waals surface area (Å²) in [6, 6.07) is 9.37. The van der Waals surface area contributed by atoms with Gasteiger partial charge in [-0.25, -0.2) is 9.37 Å². The number of halogens is 1. The molecule has 0 bridgehead atoms. The molecule has 264 valence electrons. The van der Waals surface area contributed by atoms with Gasteiger partial charge in [0.25, 0.3) is 11.5 Å². The number of pyridine rings is 2. The van der Waals surface area contributed by atoms with Crippen molar-refractivity contribution in [3.05, 3.63) is 76.2 Å². The van der Waals surface area contributed by atoms with Gasteiger partial charge < -0.3 is 34.4 Å². The van der Waals surface area contributed by atoms with Crippen molar-refractivity contribution < 1.29 is 19.0 Å². The Morgan fingerprint density at radius 3 is 2.56 bits per heavy atom. The highest BCUT2D eigenvalue weighted by atomic mass is 19.1. The highest BCUT2D eigenvalue weighted by Crippen LogP contribution is 2.50. The average molecular weight is 684 g/mol. The van der Waals surface area contributed by atoms with Crippen LogP contribution in [0.25, 0.3) is 11.1 Å². The molecule has 0 spiro atoms. The van der Waals surface area contributed by atoms with E-state index in [-0.39, 0.29) is 22.6 Å². The van der Waals surface area contributed by atoms with Crippen LogP contribution in [0.5, 0.6) is 0 Å². The van der Waals surface area contributed by atoms with Crippen molar-refractivity contribution in [3.63, 3.8) is 0 Å². The van der Waals surface area contributed by atoms with Crippen LogP contribution in [-0.4, -0.2) is 94.4 Å². The summed E-state index contributed by atoms with van der Waals surface area (Å²) >= 11 is 0. The van der Waals surface area contributed by atoms with E-state index in [9.17, 15) is 14.7 Å². The lowest BCUT2D eigenvalue weighted by Gasteiger charge is -2.46. The molecule has 50 heavy (non-hydrogen) atoms. The lowest BCUT2D eigenvalue weighted by Crippen LogP contribution is -2.59. The van der Waals surface area contributed by atoms with Gasteiger partial charge >= 0.3 is 0 Å². The molecular weight excluding hydrogens is 637 g/mol. The molecule has 4 aliphatic heterocycles. The molecule has 8 rings (SSSR count). The van der Waals surface area contributed by atoms with E-state index in [4.69, 9.17) is 4.74 Å². The number of rotatable bonds is 7. The van der Waals surface area contributed by atoms with Gasteiger partial charge in [0.05, 0.1) is 49.1 Å². The van der Waals surface area contributed by atoms with Crippen molar-refractivity contribution in [1.82, 2.24) is 19.4 Å². The van der Waals surface area contributed by atoms with Crippen molar-refractivity contribution >= 4 is 28.8 Å². The number of fused-ring (bicyclic) bond motifs is 3. The number of carbonyl (C=O) groups excluding carboxylic acids is 1. The fourth-order valence-corrected chi connectivity index (χ4v) is 8.86. The molecule has 3 atom stereocenters. The first-order valence-electron chi connectivity index (χ1n) is 17.8. The predicted octanol–water partition coefficient (Wildman–Crippen LogP) is 4.08. The van der Waals surface area contributed by atoms with E-state index in [2.05, 4.69) is 51.8 Å². The third-order valence-electron chi connectivity index (χ3n) is 11.4. The molecule has 6 heterocycles. The molecule has 0 radical (unpaired) electrons. The number of benzene rings is 1. The van der Waals surface area contributed by atoms with E-state index in [1.54, 1.807) is 24.2 Å². The second-order valence-electron chi connectivity index (χ2n) is 15.4. The predicted molar refractivity (Wildman–Crippen MR) is 191 cm³/mol. The monoisotopic (exact) mass is 683 g/mol. The number of carbonyl (C=O) groups is 1. The number of aryl methyl sites for hydroxylation is 1. The fourth-order valence-electron chi connectivity index (χ4n) is 8.86. The highest BCUT2D eigenvalue weighted by molar-refractivity contribution is 6.07. The number of anilines is 4. The normalized spacial score (nSPS) is 25.0. The van der Waals surface area contributed by atoms with E-state index in [1.807, 2.05) is 18.3 Å². The van der Waals surface area contributed by atoms with Gasteiger partial charge in [-0.2, -0.15) is 0 Å². The van der Waals surface area contributed by atoms with Gasteiger partial charge in [0.1, 0.15) is 17.3 Å². The second-order valence-corrected chi connectivity index (χ2v) is 15.4. The van der Waals surface area contributed by atoms with E-state index in [1.165, 1.54) is 16.7 Å². The van der Waals surface area contributed by atoms with Crippen LogP contribution in [0.3, 0.4) is 0 Å². The average Bonchev–Trinajstić information content (AvgIpc) is 3.55. The number of hydrogen-bond acceptors (Lipinski definition) is 9. The molecule has 3 saturated heterocycles. The zero-order valence-electron chi connectivity index (χ0n) is 29.2. The summed E-state index contributed by atoms with van der Waals surface area (Å²) in [6.07, 6.45) is 7.62. The van der Waals surface area contributed by atoms with Crippen molar-refractivity contribution in [2.75, 3.05) is 61.1 Å². The molecule has 2 aromatic heterocycles. The maximum Gasteiger partial charge on any atom is 0.274 e. The molecule has 3 aromatic rings. The number of aliphatic hydroxyl groups is 1. The van der Waals surface area contributed by atoms with Gasteiger partial charge in [0, 0.05) is 75.1 Å². The first kappa shape index (κ1) is 32.9. The van der Waals surface area contributed by atoms with Crippen LogP contribution in [0.2, 0.25) is 0 Å². The zero-order valence-corrected chi connectivity index (χ0v) is 29.2. The molecule has 11 nitrogen and oxygen atoms in total. The van der Waals surface area contributed by atoms with Crippen molar-refractivity contribution in [2.45, 2.75) is 58.3 Å². The summed E-state index contributed by atoms with van der Waals surface area (Å²) in [7, 11) is 1.64. The minimum absolute atomic E-state index is 0.170. The van der Waals surface area contributed by atoms with Gasteiger partial charge in [0.2, 0.25) is 0 Å². The Kier molecular flexibility index (Phi) is 8.23. The maximum atomic E-state index is 15.4. The Bertz CT molecular complexity index is 1910. The number of nitrogens with zero attached hydrogens (tertiary/aromatic N) is 6. The molecule has 1 amide bonds. The molecule has 2 unspecified atom stereocenters. The number of amides is 1. The van der Waals surface area contributed by atoms with E-state index in [0.29, 0.717) is 71.0 Å². The maximum absolute atomic E-state index is 15.4. The van der Waals surface area contributed by atoms with Crippen LogP contribution in [0.15, 0.2) is 59.3 Å². The number of hydrogen-bond donors (Lipinski definition) is 2. The third-order valence-corrected chi connectivity index (χ3v) is 11.4. The molecule has 5 aliphatic rings. The van der Waals surface area contributed by atoms with Gasteiger partial charge in [0.15, 0.2) is 0 Å². The van der Waals surface area contributed by atoms with Crippen LogP contribution in [0.1, 0.15) is 39.2 Å². The van der Waals surface area contributed by atoms with Gasteiger partial charge in [-0.05, 0) is 61.1 Å². The number of aromatic nitrogens is 2. The Morgan fingerprint density at radius 1 is 1.06 bits per heavy atom. The van der Waals surface area contributed by atoms with Crippen LogP contribution >= 0.6 is 0 Å². The van der Waals surface area contributed by atoms with Crippen LogP contribution in [-0.2, 0) is 23.2 Å². The van der Waals surface area contributed by atoms with Crippen LogP contribution < -0.4 is 20.7 Å². The quantitative estimate of drug-likeness (QED) is 0.381. The minimum atomic E-state index is -0.529. The van der Waals surface area contributed by atoms with Crippen molar-refractivity contribution in [1.29, 1.82) is 0 Å². The molecule has 1 aliphatic carbocycles. The molecule has 2 N–H and O–H groups in total. The summed E-state index contributed by atoms with van der Waals surface area (Å²) in [4.78, 5) is 40.5. The first-order chi connectivity index (χ1) is 24.0. The Morgan fingerprint density at radius 2 is 1.86 bits per heavy atom. The standard InChI is InChI=1S/C38H46FN7O4/c1-23-18-43(28-21-50-22-28)7-8-44(23)27-5-6-35(40-17-27)41-31-11-25(19-42(4)36(31)48)29-13-26(39)14-32(30(29)20-47)46-10-9-45-33(37(46)49)12-24-15-38(2,3)16-34(24)45/h5-6,11-14,17,19,23-24,28,34,47H,7-10,15-16,18,20-22H2,1-4H3,(H,40,41)/t23-,24?,34?/m0/s1. The van der Waals surface area contributed by atoms with Crippen molar-refractivity contribution in [2.24, 2.45) is 18.4 Å². The summed E-state index contributed by atoms with van der Waals surface area (Å²) in [5.74, 6) is 0.137. The summed E-state index contributed by atoms with van der Waals surface area (Å²) < 4.78 is 22.2. The number of nitrogens with one attached hydrogen (secondary N) is 1. The smallest absolute Gasteiger partial charge is 0.274 e. The first-order valence-corrected chi connectivity index (χ1v) is 17.8. The molecular formula is C38H46FN7O4. The molecule has 12 heteroatoms. The number of aliphatic hydroxyl groups excluding tert-OH is 1. The fraction of sp³-hybridized carbons (Fsp3) is 0.500. The van der Waals surface area contributed by atoms with Gasteiger partial charge in [-0.1, -0.05) is 19.9 Å². The number of piperazine rings is 2. The third kappa shape index (κ3) is 5.76. The number of ether oxygens (including phenoxy) is 1. The largest absolute Gasteiger partial charge is 0.392 e. The van der Waals surface area contributed by atoms with Crippen LogP contribution in [0, 0.1) is 17.2 Å². The highest BCUT2D eigenvalue weighted by Gasteiger charge is 2.49. The van der Waals surface area contributed by atoms with Crippen LogP contribution in [0.4, 0.5) is 27.3 Å². The lowest BCUT2D eigenvalue weighted by molar-refractivity contribution is -0.117. The minimum Gasteiger partial charge on any atom is -0.392 e. The summed E-state index contributed by atoms with van der Waals surface area (Å²) in [5.41, 5.74) is 3.64. The molecule has 4 fully saturated rings. The van der Waals surface area contributed by atoms with E-state index >= 15 is 4.39 Å². The van der Waals surface area contributed by atoms with Crippen molar-refractivity contribution in [3.8, 4) is 11.1 Å².